The molecule has 1 amide bonds. The second-order valence-electron chi connectivity index (χ2n) is 6.18. The lowest BCUT2D eigenvalue weighted by Crippen LogP contribution is -2.18. The van der Waals surface area contributed by atoms with Crippen molar-refractivity contribution in [2.45, 2.75) is 26.1 Å². The summed E-state index contributed by atoms with van der Waals surface area (Å²) in [6, 6.07) is 12.0. The van der Waals surface area contributed by atoms with Crippen LogP contribution >= 0.6 is 36.6 Å². The minimum atomic E-state index is 0. The van der Waals surface area contributed by atoms with Crippen LogP contribution in [0.4, 0.5) is 5.69 Å². The predicted octanol–water partition coefficient (Wildman–Crippen LogP) is 4.47. The number of carbonyl (C=O) groups is 1. The molecule has 0 aliphatic rings. The van der Waals surface area contributed by atoms with Gasteiger partial charge in [0.25, 0.3) is 0 Å². The van der Waals surface area contributed by atoms with E-state index >= 15 is 0 Å². The van der Waals surface area contributed by atoms with Crippen molar-refractivity contribution in [2.75, 3.05) is 17.6 Å². The third kappa shape index (κ3) is 6.71. The quantitative estimate of drug-likeness (QED) is 0.542. The Kier molecular flexibility index (Phi) is 10.4. The van der Waals surface area contributed by atoms with Crippen LogP contribution in [0, 0.1) is 6.92 Å². The van der Waals surface area contributed by atoms with Crippen molar-refractivity contribution < 1.29 is 4.79 Å². The van der Waals surface area contributed by atoms with Crippen molar-refractivity contribution in [3.63, 3.8) is 0 Å². The number of carbonyl (C=O) groups excluding carboxylic acids is 1. The van der Waals surface area contributed by atoms with Gasteiger partial charge in [0.15, 0.2) is 0 Å². The lowest BCUT2D eigenvalue weighted by molar-refractivity contribution is -0.113. The number of amides is 1. The van der Waals surface area contributed by atoms with Gasteiger partial charge in [-0.25, -0.2) is 4.98 Å². The summed E-state index contributed by atoms with van der Waals surface area (Å²) >= 11 is 1.57. The molecule has 0 saturated carbocycles. The minimum Gasteiger partial charge on any atom is -0.325 e. The number of imidazole rings is 1. The molecule has 0 radical (unpaired) electrons. The average molecular weight is 441 g/mol. The average Bonchev–Trinajstić information content (AvgIpc) is 3.02. The highest BCUT2D eigenvalue weighted by molar-refractivity contribution is 7.99. The third-order valence-electron chi connectivity index (χ3n) is 3.99. The van der Waals surface area contributed by atoms with Gasteiger partial charge in [0, 0.05) is 30.4 Å². The maximum absolute atomic E-state index is 12.3. The first kappa shape index (κ1) is 24.3. The van der Waals surface area contributed by atoms with Crippen LogP contribution in [-0.2, 0) is 17.1 Å². The first-order chi connectivity index (χ1) is 12.7. The smallest absolute Gasteiger partial charge is 0.234 e. The van der Waals surface area contributed by atoms with Gasteiger partial charge >= 0.3 is 0 Å². The number of halogens is 2. The molecule has 3 rings (SSSR count). The van der Waals surface area contributed by atoms with Gasteiger partial charge in [0.1, 0.15) is 5.65 Å². The molecule has 0 aliphatic carbocycles. The van der Waals surface area contributed by atoms with Crippen molar-refractivity contribution in [3.05, 3.63) is 65.6 Å². The molecule has 8 heteroatoms. The predicted molar refractivity (Wildman–Crippen MR) is 123 cm³/mol. The van der Waals surface area contributed by atoms with E-state index in [0.717, 1.165) is 35.7 Å². The lowest BCUT2D eigenvalue weighted by Gasteiger charge is -2.11. The number of nitrogens with zero attached hydrogens (tertiary/aromatic N) is 2. The largest absolute Gasteiger partial charge is 0.325 e. The van der Waals surface area contributed by atoms with Crippen LogP contribution < -0.4 is 10.6 Å². The van der Waals surface area contributed by atoms with Crippen LogP contribution in [0.1, 0.15) is 23.7 Å². The van der Waals surface area contributed by atoms with E-state index in [1.807, 2.05) is 40.9 Å². The zero-order valence-electron chi connectivity index (χ0n) is 16.0. The number of thioether (sulfide) groups is 1. The lowest BCUT2D eigenvalue weighted by atomic mass is 10.1. The first-order valence-electron chi connectivity index (χ1n) is 8.76. The Morgan fingerprint density at radius 2 is 1.93 bits per heavy atom. The molecule has 5 nitrogen and oxygen atoms in total. The van der Waals surface area contributed by atoms with Gasteiger partial charge in [-0.15, -0.1) is 36.6 Å². The molecule has 0 spiro atoms. The second-order valence-corrected chi connectivity index (χ2v) is 7.17. The fourth-order valence-corrected chi connectivity index (χ4v) is 3.42. The van der Waals surface area contributed by atoms with Crippen molar-refractivity contribution >= 4 is 53.8 Å². The standard InChI is InChI=1S/C20H24N4OS.2ClH/c1-3-21-10-16-6-4-5-7-18(16)23-20(25)14-26-13-17-12-24-11-15(2)8-9-19(24)22-17;;/h4-9,11-12,21H,3,10,13-14H2,1-2H3,(H,23,25);2*1H. The van der Waals surface area contributed by atoms with E-state index in [1.54, 1.807) is 11.8 Å². The number of nitrogens with one attached hydrogen (secondary N) is 2. The van der Waals surface area contributed by atoms with Crippen molar-refractivity contribution in [2.24, 2.45) is 0 Å². The number of para-hydroxylation sites is 1. The van der Waals surface area contributed by atoms with E-state index in [4.69, 9.17) is 0 Å². The van der Waals surface area contributed by atoms with Crippen LogP contribution in [0.2, 0.25) is 0 Å². The Morgan fingerprint density at radius 1 is 1.14 bits per heavy atom. The summed E-state index contributed by atoms with van der Waals surface area (Å²) in [6.45, 7) is 5.78. The molecule has 2 aromatic heterocycles. The highest BCUT2D eigenvalue weighted by atomic mass is 35.5. The summed E-state index contributed by atoms with van der Waals surface area (Å²) in [6.07, 6.45) is 4.09. The van der Waals surface area contributed by atoms with Crippen LogP contribution in [0.15, 0.2) is 48.8 Å². The number of rotatable bonds is 8. The maximum atomic E-state index is 12.3. The number of pyridine rings is 1. The number of fused-ring (bicyclic) bond motifs is 1. The molecule has 2 heterocycles. The van der Waals surface area contributed by atoms with Gasteiger partial charge in [0.2, 0.25) is 5.91 Å². The monoisotopic (exact) mass is 440 g/mol. The molecular weight excluding hydrogens is 415 g/mol. The summed E-state index contributed by atoms with van der Waals surface area (Å²) in [5, 5.41) is 6.31. The SMILES string of the molecule is CCNCc1ccccc1NC(=O)CSCc1cn2cc(C)ccc2n1.Cl.Cl. The highest BCUT2D eigenvalue weighted by Crippen LogP contribution is 2.17. The van der Waals surface area contributed by atoms with Gasteiger partial charge in [-0.2, -0.15) is 0 Å². The van der Waals surface area contributed by atoms with E-state index in [-0.39, 0.29) is 30.7 Å². The Labute approximate surface area is 182 Å². The summed E-state index contributed by atoms with van der Waals surface area (Å²) in [5.41, 5.74) is 5.10. The molecule has 0 saturated heterocycles. The van der Waals surface area contributed by atoms with Crippen molar-refractivity contribution in [1.82, 2.24) is 14.7 Å². The fraction of sp³-hybridized carbons (Fsp3) is 0.300. The molecule has 1 aromatic carbocycles. The normalized spacial score (nSPS) is 10.2. The zero-order chi connectivity index (χ0) is 18.4. The highest BCUT2D eigenvalue weighted by Gasteiger charge is 2.08. The van der Waals surface area contributed by atoms with E-state index < -0.39 is 0 Å². The molecule has 2 N–H and O–H groups in total. The molecule has 3 aromatic rings. The van der Waals surface area contributed by atoms with Crippen LogP contribution in [0.3, 0.4) is 0 Å². The number of benzene rings is 1. The van der Waals surface area contributed by atoms with E-state index in [2.05, 4.69) is 41.7 Å². The summed E-state index contributed by atoms with van der Waals surface area (Å²) < 4.78 is 2.03. The maximum Gasteiger partial charge on any atom is 0.234 e. The van der Waals surface area contributed by atoms with Crippen molar-refractivity contribution in [1.29, 1.82) is 0 Å². The number of anilines is 1. The molecule has 0 atom stereocenters. The topological polar surface area (TPSA) is 58.4 Å². The molecular formula is C20H26Cl2N4OS. The summed E-state index contributed by atoms with van der Waals surface area (Å²) in [7, 11) is 0. The van der Waals surface area contributed by atoms with E-state index in [0.29, 0.717) is 11.5 Å². The second kappa shape index (κ2) is 12.0. The summed E-state index contributed by atoms with van der Waals surface area (Å²) in [4.78, 5) is 16.9. The van der Waals surface area contributed by atoms with E-state index in [1.165, 1.54) is 5.56 Å². The Hall–Kier alpha value is -1.73. The van der Waals surface area contributed by atoms with Crippen molar-refractivity contribution in [3.8, 4) is 0 Å². The third-order valence-corrected chi connectivity index (χ3v) is 4.96. The summed E-state index contributed by atoms with van der Waals surface area (Å²) in [5.74, 6) is 1.13. The van der Waals surface area contributed by atoms with Gasteiger partial charge in [-0.3, -0.25) is 4.79 Å². The zero-order valence-corrected chi connectivity index (χ0v) is 18.4. The van der Waals surface area contributed by atoms with E-state index in [9.17, 15) is 4.79 Å². The van der Waals surface area contributed by atoms with Gasteiger partial charge < -0.3 is 15.0 Å². The van der Waals surface area contributed by atoms with Crippen LogP contribution in [0.5, 0.6) is 0 Å². The van der Waals surface area contributed by atoms with Gasteiger partial charge in [-0.05, 0) is 36.7 Å². The molecule has 0 fully saturated rings. The van der Waals surface area contributed by atoms with Crippen LogP contribution in [0.25, 0.3) is 5.65 Å². The number of hydrogen-bond donors (Lipinski definition) is 2. The number of aryl methyl sites for hydroxylation is 1. The van der Waals surface area contributed by atoms with Gasteiger partial charge in [-0.1, -0.05) is 31.2 Å². The fourth-order valence-electron chi connectivity index (χ4n) is 2.72. The molecule has 152 valence electrons. The Balaban J connectivity index is 0.00000196. The first-order valence-corrected chi connectivity index (χ1v) is 9.91. The number of aromatic nitrogens is 2. The molecule has 0 unspecified atom stereocenters. The Bertz CT molecular complexity index is 901. The molecule has 0 bridgehead atoms. The number of hydrogen-bond acceptors (Lipinski definition) is 4. The van der Waals surface area contributed by atoms with Gasteiger partial charge in [0.05, 0.1) is 11.4 Å². The minimum absolute atomic E-state index is 0. The van der Waals surface area contributed by atoms with Crippen LogP contribution in [-0.4, -0.2) is 27.6 Å². The Morgan fingerprint density at radius 3 is 2.71 bits per heavy atom. The molecule has 28 heavy (non-hydrogen) atoms. The molecule has 0 aliphatic heterocycles.